The Morgan fingerprint density at radius 1 is 1.29 bits per heavy atom. The molecule has 2 aliphatic heterocycles. The molecule has 2 heterocycles. The Morgan fingerprint density at radius 2 is 2.04 bits per heavy atom. The second kappa shape index (κ2) is 10.4. The number of amides is 1. The first-order chi connectivity index (χ1) is 10.7. The molecule has 3 N–H and O–H groups in total. The van der Waals surface area contributed by atoms with Gasteiger partial charge in [-0.05, 0) is 37.5 Å². The topological polar surface area (TPSA) is 67.6 Å². The van der Waals surface area contributed by atoms with Gasteiger partial charge in [0.2, 0.25) is 5.91 Å². The third kappa shape index (κ3) is 4.92. The highest BCUT2D eigenvalue weighted by atomic mass is 35.5. The molecule has 0 radical (unpaired) electrons. The molecule has 3 fully saturated rings. The number of thioether (sulfide) groups is 1. The smallest absolute Gasteiger partial charge is 0.223 e. The van der Waals surface area contributed by atoms with Crippen molar-refractivity contribution in [3.63, 3.8) is 0 Å². The molecule has 1 saturated carbocycles. The monoisotopic (exact) mass is 399 g/mol. The standard InChI is InChI=1S/C16H29N3O2S.2ClH/c17-10-13-2-1-3-14(13)15(20)18-11-16(4-9-22-12-16)19-5-7-21-8-6-19;;/h13-14H,1-12,17H2,(H,18,20);2*1H/t13-,14-,16?;;/m1../s1. The largest absolute Gasteiger partial charge is 0.379 e. The van der Waals surface area contributed by atoms with Crippen LogP contribution in [0, 0.1) is 11.8 Å². The van der Waals surface area contributed by atoms with Gasteiger partial charge >= 0.3 is 0 Å². The van der Waals surface area contributed by atoms with Gasteiger partial charge in [0.1, 0.15) is 0 Å². The summed E-state index contributed by atoms with van der Waals surface area (Å²) in [5.74, 6) is 3.08. The molecule has 3 atom stereocenters. The second-order valence-electron chi connectivity index (χ2n) is 6.88. The summed E-state index contributed by atoms with van der Waals surface area (Å²) in [7, 11) is 0. The van der Waals surface area contributed by atoms with Crippen molar-refractivity contribution in [1.29, 1.82) is 0 Å². The predicted octanol–water partition coefficient (Wildman–Crippen LogP) is 1.53. The zero-order chi connectivity index (χ0) is 15.4. The van der Waals surface area contributed by atoms with Crippen LogP contribution in [-0.2, 0) is 9.53 Å². The number of halogens is 2. The Labute approximate surface area is 162 Å². The number of nitrogens with two attached hydrogens (primary N) is 1. The number of ether oxygens (including phenoxy) is 1. The predicted molar refractivity (Wildman–Crippen MR) is 104 cm³/mol. The molecular weight excluding hydrogens is 369 g/mol. The zero-order valence-electron chi connectivity index (χ0n) is 14.2. The normalized spacial score (nSPS) is 33.5. The number of hydrogen-bond acceptors (Lipinski definition) is 5. The van der Waals surface area contributed by atoms with Gasteiger partial charge in [0.15, 0.2) is 0 Å². The molecule has 0 aromatic heterocycles. The van der Waals surface area contributed by atoms with Crippen LogP contribution in [-0.4, -0.2) is 67.2 Å². The van der Waals surface area contributed by atoms with Gasteiger partial charge in [-0.3, -0.25) is 9.69 Å². The number of hydrogen-bond donors (Lipinski definition) is 2. The lowest BCUT2D eigenvalue weighted by atomic mass is 9.93. The molecule has 1 amide bonds. The molecule has 2 saturated heterocycles. The average Bonchev–Trinajstić information content (AvgIpc) is 3.23. The molecule has 0 spiro atoms. The Kier molecular flexibility index (Phi) is 9.70. The van der Waals surface area contributed by atoms with E-state index in [4.69, 9.17) is 10.5 Å². The first kappa shape index (κ1) is 22.3. The summed E-state index contributed by atoms with van der Waals surface area (Å²) in [5.41, 5.74) is 5.96. The van der Waals surface area contributed by atoms with Crippen LogP contribution in [0.25, 0.3) is 0 Å². The Morgan fingerprint density at radius 3 is 2.67 bits per heavy atom. The highest BCUT2D eigenvalue weighted by Crippen LogP contribution is 2.35. The van der Waals surface area contributed by atoms with Gasteiger partial charge in [-0.25, -0.2) is 0 Å². The van der Waals surface area contributed by atoms with Crippen LogP contribution in [0.2, 0.25) is 0 Å². The van der Waals surface area contributed by atoms with Gasteiger partial charge in [0, 0.05) is 36.8 Å². The summed E-state index contributed by atoms with van der Waals surface area (Å²) in [5, 5.41) is 3.28. The maximum atomic E-state index is 12.6. The summed E-state index contributed by atoms with van der Waals surface area (Å²) in [6, 6.07) is 0. The van der Waals surface area contributed by atoms with E-state index in [0.717, 1.165) is 57.9 Å². The Balaban J connectivity index is 0.00000144. The van der Waals surface area contributed by atoms with Gasteiger partial charge < -0.3 is 15.8 Å². The Hall–Kier alpha value is 0.280. The van der Waals surface area contributed by atoms with Crippen molar-refractivity contribution in [3.8, 4) is 0 Å². The molecule has 3 aliphatic rings. The average molecular weight is 400 g/mol. The van der Waals surface area contributed by atoms with E-state index in [9.17, 15) is 4.79 Å². The summed E-state index contributed by atoms with van der Waals surface area (Å²) in [6.07, 6.45) is 4.43. The summed E-state index contributed by atoms with van der Waals surface area (Å²) in [6.45, 7) is 5.04. The van der Waals surface area contributed by atoms with Crippen molar-refractivity contribution in [2.45, 2.75) is 31.2 Å². The van der Waals surface area contributed by atoms with Crippen molar-refractivity contribution in [1.82, 2.24) is 10.2 Å². The molecule has 3 rings (SSSR count). The molecule has 1 aliphatic carbocycles. The number of carbonyl (C=O) groups excluding carboxylic acids is 1. The van der Waals surface area contributed by atoms with Crippen molar-refractivity contribution in [2.24, 2.45) is 17.6 Å². The van der Waals surface area contributed by atoms with E-state index in [1.807, 2.05) is 11.8 Å². The first-order valence-electron chi connectivity index (χ1n) is 8.63. The van der Waals surface area contributed by atoms with E-state index in [1.165, 1.54) is 12.2 Å². The van der Waals surface area contributed by atoms with Crippen molar-refractivity contribution >= 4 is 42.5 Å². The fourth-order valence-electron chi connectivity index (χ4n) is 4.18. The Bertz CT molecular complexity index is 392. The van der Waals surface area contributed by atoms with Crippen LogP contribution in [0.4, 0.5) is 0 Å². The van der Waals surface area contributed by atoms with E-state index in [-0.39, 0.29) is 42.2 Å². The number of carbonyl (C=O) groups is 1. The van der Waals surface area contributed by atoms with Crippen LogP contribution < -0.4 is 11.1 Å². The van der Waals surface area contributed by atoms with Gasteiger partial charge in [0.05, 0.1) is 13.2 Å². The third-order valence-corrected chi connectivity index (χ3v) is 6.89. The number of nitrogens with zero attached hydrogens (tertiary/aromatic N) is 1. The molecule has 0 aromatic rings. The summed E-state index contributed by atoms with van der Waals surface area (Å²) in [4.78, 5) is 15.1. The summed E-state index contributed by atoms with van der Waals surface area (Å²) >= 11 is 2.01. The van der Waals surface area contributed by atoms with Crippen LogP contribution in [0.5, 0.6) is 0 Å². The molecule has 5 nitrogen and oxygen atoms in total. The van der Waals surface area contributed by atoms with Crippen LogP contribution in [0.1, 0.15) is 25.7 Å². The van der Waals surface area contributed by atoms with Crippen LogP contribution in [0.3, 0.4) is 0 Å². The van der Waals surface area contributed by atoms with E-state index in [1.54, 1.807) is 0 Å². The van der Waals surface area contributed by atoms with E-state index in [2.05, 4.69) is 10.2 Å². The van der Waals surface area contributed by atoms with Gasteiger partial charge in [-0.2, -0.15) is 11.8 Å². The van der Waals surface area contributed by atoms with Gasteiger partial charge in [-0.15, -0.1) is 24.8 Å². The quantitative estimate of drug-likeness (QED) is 0.733. The minimum Gasteiger partial charge on any atom is -0.379 e. The van der Waals surface area contributed by atoms with Gasteiger partial charge in [-0.1, -0.05) is 6.42 Å². The maximum Gasteiger partial charge on any atom is 0.223 e. The molecule has 0 bridgehead atoms. The lowest BCUT2D eigenvalue weighted by Crippen LogP contribution is -2.59. The lowest BCUT2D eigenvalue weighted by molar-refractivity contribution is -0.126. The highest BCUT2D eigenvalue weighted by Gasteiger charge is 2.41. The van der Waals surface area contributed by atoms with Crippen LogP contribution >= 0.6 is 36.6 Å². The van der Waals surface area contributed by atoms with Crippen molar-refractivity contribution in [2.75, 3.05) is 50.9 Å². The SMILES string of the molecule is Cl.Cl.NC[C@H]1CCC[C@H]1C(=O)NCC1(N2CCOCC2)CCSC1. The van der Waals surface area contributed by atoms with E-state index >= 15 is 0 Å². The molecule has 142 valence electrons. The summed E-state index contributed by atoms with van der Waals surface area (Å²) < 4.78 is 5.49. The third-order valence-electron chi connectivity index (χ3n) is 5.65. The van der Waals surface area contributed by atoms with Crippen molar-refractivity contribution < 1.29 is 9.53 Å². The minimum absolute atomic E-state index is 0. The molecule has 24 heavy (non-hydrogen) atoms. The highest BCUT2D eigenvalue weighted by molar-refractivity contribution is 7.99. The fraction of sp³-hybridized carbons (Fsp3) is 0.938. The second-order valence-corrected chi connectivity index (χ2v) is 7.98. The number of nitrogens with one attached hydrogen (secondary N) is 1. The van der Waals surface area contributed by atoms with E-state index < -0.39 is 0 Å². The molecule has 1 unspecified atom stereocenters. The zero-order valence-corrected chi connectivity index (χ0v) is 16.7. The first-order valence-corrected chi connectivity index (χ1v) is 9.79. The van der Waals surface area contributed by atoms with Crippen LogP contribution in [0.15, 0.2) is 0 Å². The minimum atomic E-state index is 0. The molecule has 8 heteroatoms. The molecular formula is C16H31Cl2N3O2S. The maximum absolute atomic E-state index is 12.6. The molecule has 0 aromatic carbocycles. The van der Waals surface area contributed by atoms with Gasteiger partial charge in [0.25, 0.3) is 0 Å². The fourth-order valence-corrected chi connectivity index (χ4v) is 5.66. The number of morpholine rings is 1. The number of rotatable bonds is 5. The van der Waals surface area contributed by atoms with Crippen molar-refractivity contribution in [3.05, 3.63) is 0 Å². The lowest BCUT2D eigenvalue weighted by Gasteiger charge is -2.43. The van der Waals surface area contributed by atoms with E-state index in [0.29, 0.717) is 12.5 Å².